The predicted octanol–water partition coefficient (Wildman–Crippen LogP) is 3.00. The number of anilines is 2. The zero-order chi connectivity index (χ0) is 13.0. The molecule has 2 aromatic rings. The first-order valence-electron chi connectivity index (χ1n) is 6.20. The van der Waals surface area contributed by atoms with E-state index in [-0.39, 0.29) is 0 Å². The van der Waals surface area contributed by atoms with Crippen molar-refractivity contribution in [1.29, 1.82) is 0 Å². The Morgan fingerprint density at radius 2 is 1.89 bits per heavy atom. The lowest BCUT2D eigenvalue weighted by molar-refractivity contribution is 0.826. The number of aryl methyl sites for hydroxylation is 1. The van der Waals surface area contributed by atoms with Gasteiger partial charge in [-0.25, -0.2) is 0 Å². The van der Waals surface area contributed by atoms with E-state index in [0.29, 0.717) is 0 Å². The van der Waals surface area contributed by atoms with E-state index in [2.05, 4.69) is 41.9 Å². The first-order chi connectivity index (χ1) is 8.70. The van der Waals surface area contributed by atoms with Gasteiger partial charge in [0.25, 0.3) is 0 Å². The summed E-state index contributed by atoms with van der Waals surface area (Å²) in [7, 11) is 0. The fourth-order valence-corrected chi connectivity index (χ4v) is 2.03. The van der Waals surface area contributed by atoms with E-state index in [1.807, 2.05) is 24.5 Å². The second kappa shape index (κ2) is 5.54. The molecule has 2 N–H and O–H groups in total. The third kappa shape index (κ3) is 2.80. The van der Waals surface area contributed by atoms with E-state index in [1.165, 1.54) is 16.8 Å². The molecule has 3 nitrogen and oxygen atoms in total. The van der Waals surface area contributed by atoms with Gasteiger partial charge in [0.1, 0.15) is 0 Å². The Morgan fingerprint density at radius 3 is 2.50 bits per heavy atom. The number of rotatable bonds is 4. The van der Waals surface area contributed by atoms with Gasteiger partial charge < -0.3 is 10.6 Å². The lowest BCUT2D eigenvalue weighted by Gasteiger charge is -2.24. The number of nitrogens with zero attached hydrogens (tertiary/aromatic N) is 2. The SMILES string of the molecule is CCN(Cc1ccc(N)cc1)c1ccncc1C. The molecule has 0 fully saturated rings. The second-order valence-electron chi connectivity index (χ2n) is 4.42. The first kappa shape index (κ1) is 12.4. The number of nitrogen functional groups attached to an aromatic ring is 1. The zero-order valence-corrected chi connectivity index (χ0v) is 10.9. The van der Waals surface area contributed by atoms with Crippen molar-refractivity contribution in [1.82, 2.24) is 4.98 Å². The maximum atomic E-state index is 5.70. The maximum absolute atomic E-state index is 5.70. The third-order valence-electron chi connectivity index (χ3n) is 3.07. The molecule has 94 valence electrons. The summed E-state index contributed by atoms with van der Waals surface area (Å²) in [6.45, 7) is 6.11. The molecule has 0 saturated heterocycles. The van der Waals surface area contributed by atoms with Crippen molar-refractivity contribution in [3.05, 3.63) is 53.9 Å². The van der Waals surface area contributed by atoms with Crippen LogP contribution in [0.4, 0.5) is 11.4 Å². The molecule has 0 amide bonds. The molecule has 1 aromatic carbocycles. The van der Waals surface area contributed by atoms with Crippen molar-refractivity contribution in [2.45, 2.75) is 20.4 Å². The Morgan fingerprint density at radius 1 is 1.17 bits per heavy atom. The molecule has 0 radical (unpaired) electrons. The van der Waals surface area contributed by atoms with Crippen LogP contribution in [0.25, 0.3) is 0 Å². The van der Waals surface area contributed by atoms with E-state index >= 15 is 0 Å². The molecule has 0 aliphatic rings. The molecule has 0 bridgehead atoms. The van der Waals surface area contributed by atoms with Gasteiger partial charge in [0.05, 0.1) is 0 Å². The average molecular weight is 241 g/mol. The van der Waals surface area contributed by atoms with Gasteiger partial charge in [-0.1, -0.05) is 12.1 Å². The number of hydrogen-bond acceptors (Lipinski definition) is 3. The molecule has 0 unspecified atom stereocenters. The monoisotopic (exact) mass is 241 g/mol. The van der Waals surface area contributed by atoms with Crippen molar-refractivity contribution in [3.63, 3.8) is 0 Å². The minimum atomic E-state index is 0.807. The quantitative estimate of drug-likeness (QED) is 0.837. The molecular weight excluding hydrogens is 222 g/mol. The first-order valence-corrected chi connectivity index (χ1v) is 6.20. The fraction of sp³-hybridized carbons (Fsp3) is 0.267. The molecular formula is C15H19N3. The van der Waals surface area contributed by atoms with Gasteiger partial charge >= 0.3 is 0 Å². The van der Waals surface area contributed by atoms with Crippen molar-refractivity contribution < 1.29 is 0 Å². The largest absolute Gasteiger partial charge is 0.399 e. The molecule has 2 rings (SSSR count). The minimum absolute atomic E-state index is 0.807. The number of nitrogens with two attached hydrogens (primary N) is 1. The molecule has 18 heavy (non-hydrogen) atoms. The van der Waals surface area contributed by atoms with Gasteiger partial charge in [0.15, 0.2) is 0 Å². The topological polar surface area (TPSA) is 42.1 Å². The van der Waals surface area contributed by atoms with Crippen LogP contribution in [0.2, 0.25) is 0 Å². The molecule has 0 aliphatic carbocycles. The van der Waals surface area contributed by atoms with E-state index in [4.69, 9.17) is 5.73 Å². The summed E-state index contributed by atoms with van der Waals surface area (Å²) in [6, 6.07) is 10.1. The highest BCUT2D eigenvalue weighted by Crippen LogP contribution is 2.20. The van der Waals surface area contributed by atoms with Gasteiger partial charge in [0.2, 0.25) is 0 Å². The highest BCUT2D eigenvalue weighted by atomic mass is 15.1. The van der Waals surface area contributed by atoms with Gasteiger partial charge in [-0.05, 0) is 43.2 Å². The summed E-state index contributed by atoms with van der Waals surface area (Å²) in [5.41, 5.74) is 10.2. The van der Waals surface area contributed by atoms with Crippen LogP contribution in [-0.2, 0) is 6.54 Å². The van der Waals surface area contributed by atoms with Gasteiger partial charge in [-0.2, -0.15) is 0 Å². The summed E-state index contributed by atoms with van der Waals surface area (Å²) >= 11 is 0. The lowest BCUT2D eigenvalue weighted by Crippen LogP contribution is -2.22. The van der Waals surface area contributed by atoms with Crippen molar-refractivity contribution in [2.75, 3.05) is 17.2 Å². The van der Waals surface area contributed by atoms with Crippen LogP contribution in [0.15, 0.2) is 42.7 Å². The standard InChI is InChI=1S/C15H19N3/c1-3-18(15-8-9-17-10-12(15)2)11-13-4-6-14(16)7-5-13/h4-10H,3,11,16H2,1-2H3. The third-order valence-corrected chi connectivity index (χ3v) is 3.07. The van der Waals surface area contributed by atoms with Crippen LogP contribution < -0.4 is 10.6 Å². The van der Waals surface area contributed by atoms with Crippen LogP contribution in [0.1, 0.15) is 18.1 Å². The van der Waals surface area contributed by atoms with Gasteiger partial charge in [-0.3, -0.25) is 4.98 Å². The zero-order valence-electron chi connectivity index (χ0n) is 10.9. The van der Waals surface area contributed by atoms with E-state index < -0.39 is 0 Å². The number of benzene rings is 1. The predicted molar refractivity (Wildman–Crippen MR) is 76.6 cm³/mol. The average Bonchev–Trinajstić information content (AvgIpc) is 2.39. The van der Waals surface area contributed by atoms with Crippen LogP contribution in [0.3, 0.4) is 0 Å². The summed E-state index contributed by atoms with van der Waals surface area (Å²) in [5, 5.41) is 0. The smallest absolute Gasteiger partial charge is 0.0429 e. The minimum Gasteiger partial charge on any atom is -0.399 e. The van der Waals surface area contributed by atoms with E-state index in [0.717, 1.165) is 18.8 Å². The molecule has 1 aromatic heterocycles. The van der Waals surface area contributed by atoms with E-state index in [1.54, 1.807) is 0 Å². The molecule has 0 spiro atoms. The number of aromatic nitrogens is 1. The second-order valence-corrected chi connectivity index (χ2v) is 4.42. The highest BCUT2D eigenvalue weighted by Gasteiger charge is 2.07. The summed E-state index contributed by atoms with van der Waals surface area (Å²) in [6.07, 6.45) is 3.74. The van der Waals surface area contributed by atoms with Crippen molar-refractivity contribution in [2.24, 2.45) is 0 Å². The normalized spacial score (nSPS) is 10.3. The summed E-state index contributed by atoms with van der Waals surface area (Å²) in [4.78, 5) is 6.47. The van der Waals surface area contributed by atoms with Crippen LogP contribution in [0, 0.1) is 6.92 Å². The van der Waals surface area contributed by atoms with Crippen molar-refractivity contribution >= 4 is 11.4 Å². The van der Waals surface area contributed by atoms with Crippen LogP contribution in [-0.4, -0.2) is 11.5 Å². The summed E-state index contributed by atoms with van der Waals surface area (Å²) in [5.74, 6) is 0. The van der Waals surface area contributed by atoms with E-state index in [9.17, 15) is 0 Å². The molecule has 0 saturated carbocycles. The highest BCUT2D eigenvalue weighted by molar-refractivity contribution is 5.52. The molecule has 0 atom stereocenters. The molecule has 0 aliphatic heterocycles. The number of pyridine rings is 1. The Kier molecular flexibility index (Phi) is 3.82. The number of hydrogen-bond donors (Lipinski definition) is 1. The molecule has 3 heteroatoms. The van der Waals surface area contributed by atoms with Gasteiger partial charge in [0, 0.05) is 36.9 Å². The van der Waals surface area contributed by atoms with Crippen LogP contribution >= 0.6 is 0 Å². The Labute approximate surface area is 108 Å². The van der Waals surface area contributed by atoms with Gasteiger partial charge in [-0.15, -0.1) is 0 Å². The van der Waals surface area contributed by atoms with Crippen LogP contribution in [0.5, 0.6) is 0 Å². The summed E-state index contributed by atoms with van der Waals surface area (Å²) < 4.78 is 0. The Hall–Kier alpha value is -2.03. The fourth-order valence-electron chi connectivity index (χ4n) is 2.03. The lowest BCUT2D eigenvalue weighted by atomic mass is 10.1. The Balaban J connectivity index is 2.20. The molecule has 1 heterocycles. The van der Waals surface area contributed by atoms with Crippen molar-refractivity contribution in [3.8, 4) is 0 Å². The maximum Gasteiger partial charge on any atom is 0.0429 e. The Bertz CT molecular complexity index is 505.